The van der Waals surface area contributed by atoms with Gasteiger partial charge in [0.2, 0.25) is 0 Å². The van der Waals surface area contributed by atoms with E-state index in [9.17, 15) is 0 Å². The van der Waals surface area contributed by atoms with Crippen LogP contribution in [0.4, 0.5) is 5.69 Å². The summed E-state index contributed by atoms with van der Waals surface area (Å²) in [6.45, 7) is 5.18. The van der Waals surface area contributed by atoms with E-state index in [2.05, 4.69) is 24.0 Å². The molecule has 0 spiro atoms. The Morgan fingerprint density at radius 2 is 2.12 bits per heavy atom. The fourth-order valence-corrected chi connectivity index (χ4v) is 2.19. The van der Waals surface area contributed by atoms with Crippen LogP contribution in [0.3, 0.4) is 0 Å². The molecule has 0 amide bonds. The van der Waals surface area contributed by atoms with Crippen molar-refractivity contribution in [1.29, 1.82) is 0 Å². The number of hydrogen-bond acceptors (Lipinski definition) is 3. The van der Waals surface area contributed by atoms with Gasteiger partial charge in [-0.15, -0.1) is 0 Å². The van der Waals surface area contributed by atoms with Crippen molar-refractivity contribution >= 4 is 5.69 Å². The fraction of sp³-hybridized carbons (Fsp3) is 0.571. The molecule has 1 aliphatic heterocycles. The Labute approximate surface area is 103 Å². The minimum absolute atomic E-state index is 0.300. The van der Waals surface area contributed by atoms with Crippen LogP contribution in [-0.4, -0.2) is 31.4 Å². The zero-order valence-corrected chi connectivity index (χ0v) is 10.4. The van der Waals surface area contributed by atoms with Crippen LogP contribution in [0.2, 0.25) is 0 Å². The Bertz CT molecular complexity index is 337. The van der Waals surface area contributed by atoms with Crippen LogP contribution in [0.25, 0.3) is 0 Å². The van der Waals surface area contributed by atoms with Gasteiger partial charge < -0.3 is 14.7 Å². The quantitative estimate of drug-likeness (QED) is 0.850. The van der Waals surface area contributed by atoms with Gasteiger partial charge in [0.05, 0.1) is 6.61 Å². The largest absolute Gasteiger partial charge is 0.494 e. The summed E-state index contributed by atoms with van der Waals surface area (Å²) in [5.41, 5.74) is 1.23. The van der Waals surface area contributed by atoms with Crippen molar-refractivity contribution in [1.82, 2.24) is 0 Å². The van der Waals surface area contributed by atoms with Crippen molar-refractivity contribution in [2.75, 3.05) is 31.2 Å². The van der Waals surface area contributed by atoms with Gasteiger partial charge in [-0.2, -0.15) is 0 Å². The van der Waals surface area contributed by atoms with Crippen LogP contribution in [-0.2, 0) is 0 Å². The maximum absolute atomic E-state index is 9.13. The van der Waals surface area contributed by atoms with Crippen LogP contribution >= 0.6 is 0 Å². The standard InChI is InChI=1S/C14H21NO2/c1-2-9-17-14-5-3-13(4-6-14)15-8-7-12(10-15)11-16/h3-6,12,16H,2,7-11H2,1H3. The molecule has 1 heterocycles. The summed E-state index contributed by atoms with van der Waals surface area (Å²) in [7, 11) is 0. The SMILES string of the molecule is CCCOc1ccc(N2CCC(CO)C2)cc1. The van der Waals surface area contributed by atoms with E-state index < -0.39 is 0 Å². The minimum Gasteiger partial charge on any atom is -0.494 e. The van der Waals surface area contributed by atoms with E-state index in [1.54, 1.807) is 0 Å². The summed E-state index contributed by atoms with van der Waals surface area (Å²) < 4.78 is 5.56. The zero-order valence-electron chi connectivity index (χ0n) is 10.4. The maximum Gasteiger partial charge on any atom is 0.119 e. The highest BCUT2D eigenvalue weighted by atomic mass is 16.5. The number of aliphatic hydroxyl groups excluding tert-OH is 1. The third-order valence-corrected chi connectivity index (χ3v) is 3.22. The number of ether oxygens (including phenoxy) is 1. The molecule has 0 bridgehead atoms. The van der Waals surface area contributed by atoms with Gasteiger partial charge in [-0.05, 0) is 37.1 Å². The van der Waals surface area contributed by atoms with Crippen molar-refractivity contribution in [3.63, 3.8) is 0 Å². The number of anilines is 1. The predicted octanol–water partition coefficient (Wildman–Crippen LogP) is 2.29. The zero-order chi connectivity index (χ0) is 12.1. The molecular weight excluding hydrogens is 214 g/mol. The summed E-state index contributed by atoms with van der Waals surface area (Å²) in [5.74, 6) is 1.37. The van der Waals surface area contributed by atoms with Crippen molar-refractivity contribution < 1.29 is 9.84 Å². The third-order valence-electron chi connectivity index (χ3n) is 3.22. The second-order valence-electron chi connectivity index (χ2n) is 4.63. The molecule has 1 atom stereocenters. The van der Waals surface area contributed by atoms with Crippen LogP contribution in [0.1, 0.15) is 19.8 Å². The highest BCUT2D eigenvalue weighted by Gasteiger charge is 2.21. The molecule has 3 nitrogen and oxygen atoms in total. The predicted molar refractivity (Wildman–Crippen MR) is 69.6 cm³/mol. The summed E-state index contributed by atoms with van der Waals surface area (Å²) in [6, 6.07) is 8.25. The van der Waals surface area contributed by atoms with Crippen molar-refractivity contribution in [2.45, 2.75) is 19.8 Å². The smallest absolute Gasteiger partial charge is 0.119 e. The molecule has 1 aromatic rings. The Morgan fingerprint density at radius 1 is 1.35 bits per heavy atom. The molecule has 1 saturated heterocycles. The first-order valence-corrected chi connectivity index (χ1v) is 6.42. The van der Waals surface area contributed by atoms with Gasteiger partial charge >= 0.3 is 0 Å². The van der Waals surface area contributed by atoms with Crippen LogP contribution < -0.4 is 9.64 Å². The first-order chi connectivity index (χ1) is 8.33. The minimum atomic E-state index is 0.300. The molecule has 2 rings (SSSR count). The van der Waals surface area contributed by atoms with Crippen LogP contribution in [0.5, 0.6) is 5.75 Å². The van der Waals surface area contributed by atoms with Gasteiger partial charge in [-0.1, -0.05) is 6.92 Å². The van der Waals surface area contributed by atoms with Gasteiger partial charge in [0.15, 0.2) is 0 Å². The molecule has 1 aliphatic rings. The number of rotatable bonds is 5. The summed E-state index contributed by atoms with van der Waals surface area (Å²) in [5, 5.41) is 9.13. The topological polar surface area (TPSA) is 32.7 Å². The molecule has 3 heteroatoms. The second kappa shape index (κ2) is 5.92. The lowest BCUT2D eigenvalue weighted by Crippen LogP contribution is -2.20. The Hall–Kier alpha value is -1.22. The van der Waals surface area contributed by atoms with E-state index in [-0.39, 0.29) is 0 Å². The van der Waals surface area contributed by atoms with Gasteiger partial charge in [0.25, 0.3) is 0 Å². The number of aliphatic hydroxyl groups is 1. The normalized spacial score (nSPS) is 19.6. The Morgan fingerprint density at radius 3 is 2.71 bits per heavy atom. The van der Waals surface area contributed by atoms with E-state index in [4.69, 9.17) is 9.84 Å². The maximum atomic E-state index is 9.13. The average Bonchev–Trinajstić information content (AvgIpc) is 2.86. The van der Waals surface area contributed by atoms with E-state index in [1.807, 2.05) is 12.1 Å². The molecule has 0 aromatic heterocycles. The lowest BCUT2D eigenvalue weighted by molar-refractivity contribution is 0.238. The molecule has 94 valence electrons. The van der Waals surface area contributed by atoms with Crippen LogP contribution in [0.15, 0.2) is 24.3 Å². The summed E-state index contributed by atoms with van der Waals surface area (Å²) in [4.78, 5) is 2.32. The molecular formula is C14H21NO2. The molecule has 1 unspecified atom stereocenters. The monoisotopic (exact) mass is 235 g/mol. The number of nitrogens with zero attached hydrogens (tertiary/aromatic N) is 1. The van der Waals surface area contributed by atoms with Crippen molar-refractivity contribution in [3.8, 4) is 5.75 Å². The molecule has 0 saturated carbocycles. The number of benzene rings is 1. The first kappa shape index (κ1) is 12.2. The molecule has 0 radical (unpaired) electrons. The van der Waals surface area contributed by atoms with Gasteiger partial charge in [0, 0.05) is 31.3 Å². The van der Waals surface area contributed by atoms with Gasteiger partial charge in [0.1, 0.15) is 5.75 Å². The van der Waals surface area contributed by atoms with E-state index in [0.717, 1.165) is 38.3 Å². The molecule has 1 fully saturated rings. The average molecular weight is 235 g/mol. The lowest BCUT2D eigenvalue weighted by Gasteiger charge is -2.18. The van der Waals surface area contributed by atoms with Crippen molar-refractivity contribution in [2.24, 2.45) is 5.92 Å². The molecule has 1 aromatic carbocycles. The third kappa shape index (κ3) is 3.13. The van der Waals surface area contributed by atoms with Crippen LogP contribution in [0, 0.1) is 5.92 Å². The number of hydrogen-bond donors (Lipinski definition) is 1. The van der Waals surface area contributed by atoms with E-state index in [1.165, 1.54) is 5.69 Å². The highest BCUT2D eigenvalue weighted by molar-refractivity contribution is 5.49. The molecule has 1 N–H and O–H groups in total. The summed E-state index contributed by atoms with van der Waals surface area (Å²) >= 11 is 0. The lowest BCUT2D eigenvalue weighted by atomic mass is 10.1. The van der Waals surface area contributed by atoms with Crippen molar-refractivity contribution in [3.05, 3.63) is 24.3 Å². The second-order valence-corrected chi connectivity index (χ2v) is 4.63. The highest BCUT2D eigenvalue weighted by Crippen LogP contribution is 2.25. The Kier molecular flexibility index (Phi) is 4.26. The first-order valence-electron chi connectivity index (χ1n) is 6.42. The molecule has 17 heavy (non-hydrogen) atoms. The molecule has 0 aliphatic carbocycles. The fourth-order valence-electron chi connectivity index (χ4n) is 2.19. The van der Waals surface area contributed by atoms with E-state index >= 15 is 0 Å². The summed E-state index contributed by atoms with van der Waals surface area (Å²) in [6.07, 6.45) is 2.12. The Balaban J connectivity index is 1.94. The van der Waals surface area contributed by atoms with Gasteiger partial charge in [-0.3, -0.25) is 0 Å². The van der Waals surface area contributed by atoms with Gasteiger partial charge in [-0.25, -0.2) is 0 Å². The van der Waals surface area contributed by atoms with E-state index in [0.29, 0.717) is 12.5 Å².